The summed E-state index contributed by atoms with van der Waals surface area (Å²) in [5.41, 5.74) is 4.73. The Morgan fingerprint density at radius 1 is 1.05 bits per heavy atom. The SMILES string of the molecule is COc1ccc2cc3[n+](cc2c1OCCCCCNc1nc2ccc(I)cc2s1)CCc1cc2c(cc1-3)OCO2.[Cl-]. The minimum Gasteiger partial charge on any atom is -1.00 e. The maximum absolute atomic E-state index is 6.37. The number of methoxy groups -OCH3 is 1. The lowest BCUT2D eigenvalue weighted by atomic mass is 9.95. The van der Waals surface area contributed by atoms with Crippen molar-refractivity contribution < 1.29 is 35.9 Å². The summed E-state index contributed by atoms with van der Waals surface area (Å²) in [7, 11) is 1.70. The highest BCUT2D eigenvalue weighted by molar-refractivity contribution is 14.1. The molecule has 0 saturated carbocycles. The molecule has 0 saturated heterocycles. The Labute approximate surface area is 262 Å². The van der Waals surface area contributed by atoms with Crippen molar-refractivity contribution in [3.63, 3.8) is 0 Å². The minimum atomic E-state index is 0. The molecule has 2 aliphatic heterocycles. The van der Waals surface area contributed by atoms with Gasteiger partial charge in [0.2, 0.25) is 12.5 Å². The Morgan fingerprint density at radius 2 is 1.93 bits per heavy atom. The Hall–Kier alpha value is -3.02. The van der Waals surface area contributed by atoms with Crippen LogP contribution in [0.1, 0.15) is 24.8 Å². The topological polar surface area (TPSA) is 65.7 Å². The van der Waals surface area contributed by atoms with Crippen LogP contribution in [0.4, 0.5) is 5.13 Å². The fourth-order valence-corrected chi connectivity index (χ4v) is 7.09. The second-order valence-electron chi connectivity index (χ2n) is 10.0. The molecule has 2 aromatic heterocycles. The standard InChI is InChI=1S/C31H29IN3O4S.ClH/c1-36-26-8-5-19-13-25-22-16-28-27(38-18-39-28)14-20(22)9-11-35(25)17-23(19)30(26)37-12-4-2-3-10-33-31-34-24-7-6-21(32)15-29(24)40-31;/h5-8,13-17H,2-4,9-12,18H2,1H3,(H,33,34);1H/q+1;/p-1. The number of aromatic nitrogens is 2. The summed E-state index contributed by atoms with van der Waals surface area (Å²) >= 11 is 4.06. The summed E-state index contributed by atoms with van der Waals surface area (Å²) in [6, 6.07) is 17.0. The molecule has 10 heteroatoms. The Kier molecular flexibility index (Phi) is 8.28. The monoisotopic (exact) mass is 701 g/mol. The number of thiazole rings is 1. The molecular weight excluding hydrogens is 673 g/mol. The summed E-state index contributed by atoms with van der Waals surface area (Å²) in [6.45, 7) is 2.73. The van der Waals surface area contributed by atoms with Crippen molar-refractivity contribution >= 4 is 60.0 Å². The highest BCUT2D eigenvalue weighted by Gasteiger charge is 2.28. The number of nitrogens with zero attached hydrogens (tertiary/aromatic N) is 2. The molecule has 0 aliphatic carbocycles. The van der Waals surface area contributed by atoms with Crippen molar-refractivity contribution in [3.8, 4) is 34.3 Å². The molecule has 0 bridgehead atoms. The van der Waals surface area contributed by atoms with E-state index in [1.807, 2.05) is 6.07 Å². The molecule has 1 N–H and O–H groups in total. The number of hydrogen-bond acceptors (Lipinski definition) is 7. The van der Waals surface area contributed by atoms with E-state index in [1.165, 1.54) is 25.1 Å². The van der Waals surface area contributed by atoms with Gasteiger partial charge in [0.15, 0.2) is 40.9 Å². The van der Waals surface area contributed by atoms with Crippen LogP contribution >= 0.6 is 33.9 Å². The van der Waals surface area contributed by atoms with Gasteiger partial charge in [0.05, 0.1) is 34.9 Å². The number of rotatable bonds is 9. The average molecular weight is 702 g/mol. The van der Waals surface area contributed by atoms with Gasteiger partial charge >= 0.3 is 0 Å². The second kappa shape index (κ2) is 12.1. The first kappa shape index (κ1) is 28.1. The smallest absolute Gasteiger partial charge is 0.231 e. The molecule has 212 valence electrons. The minimum absolute atomic E-state index is 0. The summed E-state index contributed by atoms with van der Waals surface area (Å²) in [6.07, 6.45) is 6.25. The lowest BCUT2D eigenvalue weighted by Gasteiger charge is -2.18. The van der Waals surface area contributed by atoms with E-state index in [9.17, 15) is 0 Å². The first-order valence-electron chi connectivity index (χ1n) is 13.6. The molecular formula is C31H29ClIN3O4S. The molecule has 4 heterocycles. The van der Waals surface area contributed by atoms with E-state index in [-0.39, 0.29) is 19.2 Å². The van der Waals surface area contributed by atoms with Gasteiger partial charge in [-0.3, -0.25) is 0 Å². The number of ether oxygens (including phenoxy) is 4. The van der Waals surface area contributed by atoms with Gasteiger partial charge in [-0.05, 0) is 95.3 Å². The first-order valence-corrected chi connectivity index (χ1v) is 15.5. The van der Waals surface area contributed by atoms with Crippen molar-refractivity contribution in [2.24, 2.45) is 0 Å². The van der Waals surface area contributed by atoms with Gasteiger partial charge < -0.3 is 36.7 Å². The number of unbranched alkanes of at least 4 members (excludes halogenated alkanes) is 2. The predicted molar refractivity (Wildman–Crippen MR) is 166 cm³/mol. The van der Waals surface area contributed by atoms with Crippen molar-refractivity contribution in [3.05, 3.63) is 63.9 Å². The fourth-order valence-electron chi connectivity index (χ4n) is 5.45. The molecule has 2 aliphatic rings. The van der Waals surface area contributed by atoms with E-state index in [2.05, 4.69) is 86.1 Å². The Morgan fingerprint density at radius 3 is 2.80 bits per heavy atom. The van der Waals surface area contributed by atoms with Crippen molar-refractivity contribution in [1.29, 1.82) is 0 Å². The van der Waals surface area contributed by atoms with Gasteiger partial charge in [0.25, 0.3) is 0 Å². The van der Waals surface area contributed by atoms with Crippen LogP contribution in [0.15, 0.2) is 54.7 Å². The normalized spacial score (nSPS) is 13.0. The van der Waals surface area contributed by atoms with Gasteiger partial charge in [-0.2, -0.15) is 4.57 Å². The third-order valence-electron chi connectivity index (χ3n) is 7.49. The maximum Gasteiger partial charge on any atom is 0.231 e. The van der Waals surface area contributed by atoms with Gasteiger partial charge in [-0.1, -0.05) is 11.3 Å². The van der Waals surface area contributed by atoms with E-state index in [1.54, 1.807) is 18.4 Å². The summed E-state index contributed by atoms with van der Waals surface area (Å²) in [5, 5.41) is 6.67. The number of hydrogen-bond donors (Lipinski definition) is 1. The summed E-state index contributed by atoms with van der Waals surface area (Å²) < 4.78 is 28.1. The van der Waals surface area contributed by atoms with Gasteiger partial charge in [-0.15, -0.1) is 0 Å². The molecule has 0 spiro atoms. The highest BCUT2D eigenvalue weighted by Crippen LogP contribution is 2.41. The molecule has 0 amide bonds. The Balaban J connectivity index is 0.00000302. The van der Waals surface area contributed by atoms with Crippen LogP contribution in [-0.2, 0) is 13.0 Å². The average Bonchev–Trinajstić information content (AvgIpc) is 3.60. The van der Waals surface area contributed by atoms with Gasteiger partial charge in [0, 0.05) is 22.6 Å². The second-order valence-corrected chi connectivity index (χ2v) is 12.3. The van der Waals surface area contributed by atoms with Crippen molar-refractivity contribution in [2.45, 2.75) is 32.2 Å². The number of pyridine rings is 1. The number of aryl methyl sites for hydroxylation is 2. The number of nitrogens with one attached hydrogen (secondary N) is 1. The summed E-state index contributed by atoms with van der Waals surface area (Å²) in [5.74, 6) is 3.24. The maximum atomic E-state index is 6.37. The third kappa shape index (κ3) is 5.59. The molecule has 7 nitrogen and oxygen atoms in total. The van der Waals surface area contributed by atoms with Crippen LogP contribution < -0.4 is 41.2 Å². The first-order chi connectivity index (χ1) is 19.7. The third-order valence-corrected chi connectivity index (χ3v) is 9.14. The molecule has 3 aromatic carbocycles. The molecule has 0 radical (unpaired) electrons. The van der Waals surface area contributed by atoms with Gasteiger partial charge in [-0.25, -0.2) is 4.98 Å². The van der Waals surface area contributed by atoms with E-state index in [0.29, 0.717) is 6.61 Å². The lowest BCUT2D eigenvalue weighted by molar-refractivity contribution is -0.686. The van der Waals surface area contributed by atoms with Crippen LogP contribution in [0.25, 0.3) is 32.2 Å². The zero-order valence-corrected chi connectivity index (χ0v) is 26.3. The van der Waals surface area contributed by atoms with E-state index in [4.69, 9.17) is 18.9 Å². The number of benzene rings is 3. The molecule has 7 rings (SSSR count). The van der Waals surface area contributed by atoms with E-state index < -0.39 is 0 Å². The van der Waals surface area contributed by atoms with E-state index >= 15 is 0 Å². The Bertz CT molecular complexity index is 1740. The number of anilines is 1. The lowest BCUT2D eigenvalue weighted by Crippen LogP contribution is -3.00. The zero-order valence-electron chi connectivity index (χ0n) is 22.5. The van der Waals surface area contributed by atoms with Crippen molar-refractivity contribution in [2.75, 3.05) is 32.4 Å². The van der Waals surface area contributed by atoms with Crippen LogP contribution in [0.5, 0.6) is 23.0 Å². The fraction of sp³-hybridized carbons (Fsp3) is 0.290. The quantitative estimate of drug-likeness (QED) is 0.143. The largest absolute Gasteiger partial charge is 1.00 e. The molecule has 0 unspecified atom stereocenters. The van der Waals surface area contributed by atoms with Crippen LogP contribution in [0.2, 0.25) is 0 Å². The molecule has 41 heavy (non-hydrogen) atoms. The van der Waals surface area contributed by atoms with Crippen LogP contribution in [0.3, 0.4) is 0 Å². The van der Waals surface area contributed by atoms with Crippen LogP contribution in [-0.4, -0.2) is 32.0 Å². The predicted octanol–water partition coefficient (Wildman–Crippen LogP) is 3.97. The molecule has 0 atom stereocenters. The number of fused-ring (bicyclic) bond motifs is 6. The number of halogens is 2. The molecule has 0 fully saturated rings. The van der Waals surface area contributed by atoms with Gasteiger partial charge in [0.1, 0.15) is 0 Å². The highest BCUT2D eigenvalue weighted by atomic mass is 127. The van der Waals surface area contributed by atoms with E-state index in [0.717, 1.165) is 83.2 Å². The summed E-state index contributed by atoms with van der Waals surface area (Å²) in [4.78, 5) is 4.69. The zero-order chi connectivity index (χ0) is 27.1. The van der Waals surface area contributed by atoms with Crippen molar-refractivity contribution in [1.82, 2.24) is 4.98 Å². The van der Waals surface area contributed by atoms with Crippen LogP contribution in [0, 0.1) is 3.57 Å². The molecule has 5 aromatic rings.